The van der Waals surface area contributed by atoms with Crippen LogP contribution in [0.3, 0.4) is 0 Å². The Labute approximate surface area is 405 Å². The van der Waals surface area contributed by atoms with Gasteiger partial charge in [-0.05, 0) is 149 Å². The molecule has 2 aliphatic carbocycles. The molecule has 0 bridgehead atoms. The summed E-state index contributed by atoms with van der Waals surface area (Å²) < 4.78 is 61.6. The van der Waals surface area contributed by atoms with Gasteiger partial charge >= 0.3 is 12.2 Å². The minimum absolute atomic E-state index is 0.00413. The number of carbonyl (C=O) groups is 4. The van der Waals surface area contributed by atoms with Crippen molar-refractivity contribution in [3.63, 3.8) is 0 Å². The van der Waals surface area contributed by atoms with Crippen LogP contribution in [0.5, 0.6) is 5.75 Å². The molecular formula is C52H63F4N9O5. The number of imide groups is 1. The Hall–Kier alpha value is -6.04. The van der Waals surface area contributed by atoms with Crippen LogP contribution in [-0.2, 0) is 15.8 Å². The van der Waals surface area contributed by atoms with E-state index in [-0.39, 0.29) is 53.4 Å². The zero-order valence-electron chi connectivity index (χ0n) is 40.2. The first-order valence-corrected chi connectivity index (χ1v) is 24.8. The zero-order chi connectivity index (χ0) is 49.5. The van der Waals surface area contributed by atoms with Gasteiger partial charge < -0.3 is 25.6 Å². The number of hydrogen-bond donors (Lipinski definition) is 3. The summed E-state index contributed by atoms with van der Waals surface area (Å²) >= 11 is 0. The van der Waals surface area contributed by atoms with Gasteiger partial charge in [0.15, 0.2) is 0 Å². The maximum absolute atomic E-state index is 14.8. The van der Waals surface area contributed by atoms with Crippen molar-refractivity contribution >= 4 is 51.8 Å². The standard InChI is InChI=1S/C52H63F4N9O5/c1-31(37-24-38(52(54,55)56)27-39(57)25-37)58-47-41-28-40(45(70-3)29-43(41)59-32(2)60-47)34-4-6-35(7-5-34)48(67)64-22-20-62(21-23-64)30-33-10-13-51(14-11-33)15-18-63(19-16-51)49(68)36-8-9-42(53)44(26-36)65-17-12-46(66)61-50(65)69/h8-9,24-29,31,33-35H,4-7,10-23,30,57H2,1-3H3,(H,58,59,60)(H,61,66,69)/t31-,34-,35-/m1/s1. The van der Waals surface area contributed by atoms with Gasteiger partial charge in [0, 0.05) is 87.4 Å². The lowest BCUT2D eigenvalue weighted by atomic mass is 9.65. The number of benzene rings is 3. The average molecular weight is 970 g/mol. The fourth-order valence-electron chi connectivity index (χ4n) is 11.7. The molecular weight excluding hydrogens is 907 g/mol. The quantitative estimate of drug-likeness (QED) is 0.103. The molecule has 18 heteroatoms. The van der Waals surface area contributed by atoms with Crippen LogP contribution in [0.4, 0.5) is 39.5 Å². The number of rotatable bonds is 10. The highest BCUT2D eigenvalue weighted by molar-refractivity contribution is 6.06. The van der Waals surface area contributed by atoms with Crippen molar-refractivity contribution < 1.29 is 41.5 Å². The maximum atomic E-state index is 14.8. The molecule has 9 rings (SSSR count). The number of piperidine rings is 1. The van der Waals surface area contributed by atoms with Crippen LogP contribution in [0.1, 0.15) is 122 Å². The first kappa shape index (κ1) is 49.0. The van der Waals surface area contributed by atoms with Crippen LogP contribution in [0.15, 0.2) is 48.5 Å². The number of amides is 5. The summed E-state index contributed by atoms with van der Waals surface area (Å²) in [6.45, 7) is 9.04. The van der Waals surface area contributed by atoms with Crippen molar-refractivity contribution in [2.24, 2.45) is 17.3 Å². The number of anilines is 3. The molecule has 4 aromatic rings. The number of piperazine rings is 1. The van der Waals surface area contributed by atoms with E-state index in [4.69, 9.17) is 10.5 Å². The van der Waals surface area contributed by atoms with Crippen LogP contribution in [0.25, 0.3) is 10.9 Å². The maximum Gasteiger partial charge on any atom is 0.416 e. The predicted molar refractivity (Wildman–Crippen MR) is 258 cm³/mol. The number of aryl methyl sites for hydroxylation is 1. The second-order valence-corrected chi connectivity index (χ2v) is 20.3. The van der Waals surface area contributed by atoms with E-state index < -0.39 is 35.5 Å². The molecule has 1 aromatic heterocycles. The lowest BCUT2D eigenvalue weighted by molar-refractivity contribution is -0.139. The number of aromatic nitrogens is 2. The van der Waals surface area contributed by atoms with Crippen molar-refractivity contribution in [2.45, 2.75) is 103 Å². The molecule has 70 heavy (non-hydrogen) atoms. The second kappa shape index (κ2) is 20.0. The van der Waals surface area contributed by atoms with Crippen molar-refractivity contribution in [2.75, 3.05) is 75.4 Å². The number of methoxy groups -OCH3 is 1. The van der Waals surface area contributed by atoms with E-state index in [0.29, 0.717) is 53.0 Å². The van der Waals surface area contributed by atoms with Gasteiger partial charge in [0.25, 0.3) is 5.91 Å². The van der Waals surface area contributed by atoms with Crippen LogP contribution >= 0.6 is 0 Å². The summed E-state index contributed by atoms with van der Waals surface area (Å²) in [5.74, 6) is 1.43. The molecule has 1 atom stereocenters. The summed E-state index contributed by atoms with van der Waals surface area (Å²) in [6, 6.07) is 10.4. The third-order valence-corrected chi connectivity index (χ3v) is 15.8. The van der Waals surface area contributed by atoms with E-state index >= 15 is 0 Å². The summed E-state index contributed by atoms with van der Waals surface area (Å²) in [5, 5.41) is 6.28. The first-order chi connectivity index (χ1) is 33.5. The summed E-state index contributed by atoms with van der Waals surface area (Å²) in [6.07, 6.45) is 5.05. The highest BCUT2D eigenvalue weighted by Gasteiger charge is 2.41. The third kappa shape index (κ3) is 10.5. The molecule has 0 radical (unpaired) electrons. The van der Waals surface area contributed by atoms with Crippen molar-refractivity contribution in [3.05, 3.63) is 82.4 Å². The van der Waals surface area contributed by atoms with E-state index in [9.17, 15) is 36.7 Å². The average Bonchev–Trinajstić information content (AvgIpc) is 3.34. The number of nitrogens with zero attached hydrogens (tertiary/aromatic N) is 6. The Morgan fingerprint density at radius 1 is 0.886 bits per heavy atom. The molecule has 2 saturated carbocycles. The highest BCUT2D eigenvalue weighted by Crippen LogP contribution is 2.47. The molecule has 4 N–H and O–H groups in total. The molecule has 3 saturated heterocycles. The molecule has 374 valence electrons. The molecule has 0 unspecified atom stereocenters. The minimum atomic E-state index is -4.53. The topological polar surface area (TPSA) is 166 Å². The first-order valence-electron chi connectivity index (χ1n) is 24.8. The number of likely N-dealkylation sites (tertiary alicyclic amines) is 1. The Morgan fingerprint density at radius 2 is 1.60 bits per heavy atom. The molecule has 5 amide bonds. The summed E-state index contributed by atoms with van der Waals surface area (Å²) in [5.41, 5.74) is 7.68. The van der Waals surface area contributed by atoms with Gasteiger partial charge in [0.05, 0.1) is 29.9 Å². The fourth-order valence-corrected chi connectivity index (χ4v) is 11.7. The number of ether oxygens (including phenoxy) is 1. The van der Waals surface area contributed by atoms with E-state index in [1.165, 1.54) is 29.2 Å². The Bertz CT molecular complexity index is 2630. The lowest BCUT2D eigenvalue weighted by Crippen LogP contribution is -2.52. The number of urea groups is 1. The highest BCUT2D eigenvalue weighted by atomic mass is 19.4. The number of halogens is 4. The number of alkyl halides is 3. The zero-order valence-corrected chi connectivity index (χ0v) is 40.2. The van der Waals surface area contributed by atoms with Gasteiger partial charge in [-0.2, -0.15) is 13.2 Å². The number of nitrogens with one attached hydrogen (secondary N) is 2. The van der Waals surface area contributed by atoms with Crippen LogP contribution in [-0.4, -0.2) is 108 Å². The van der Waals surface area contributed by atoms with Gasteiger partial charge in [-0.15, -0.1) is 0 Å². The molecule has 5 aliphatic rings. The van der Waals surface area contributed by atoms with Crippen molar-refractivity contribution in [1.82, 2.24) is 30.0 Å². The van der Waals surface area contributed by atoms with Crippen LogP contribution in [0, 0.1) is 30.0 Å². The third-order valence-electron chi connectivity index (χ3n) is 15.8. The molecule has 3 aliphatic heterocycles. The van der Waals surface area contributed by atoms with Crippen molar-refractivity contribution in [3.8, 4) is 5.75 Å². The number of nitrogen functional groups attached to an aromatic ring is 1. The van der Waals surface area contributed by atoms with Gasteiger partial charge in [-0.25, -0.2) is 19.2 Å². The molecule has 4 heterocycles. The van der Waals surface area contributed by atoms with E-state index in [1.807, 2.05) is 17.0 Å². The van der Waals surface area contributed by atoms with Gasteiger partial charge in [-0.3, -0.25) is 29.5 Å². The summed E-state index contributed by atoms with van der Waals surface area (Å²) in [4.78, 5) is 68.4. The Morgan fingerprint density at radius 3 is 2.27 bits per heavy atom. The Balaban J connectivity index is 0.735. The molecule has 5 fully saturated rings. The SMILES string of the molecule is COc1cc2nc(C)nc(N[C@H](C)c3cc(N)cc(C(F)(F)F)c3)c2cc1[C@H]1CC[C@H](C(=O)N2CCN(CC3CCC4(CC3)CCN(C(=O)c3ccc(F)c(N5CCC(=O)NC5=O)c3)CC4)CC2)CC1. The number of fused-ring (bicyclic) bond motifs is 1. The van der Waals surface area contributed by atoms with Gasteiger partial charge in [0.1, 0.15) is 23.2 Å². The monoisotopic (exact) mass is 969 g/mol. The minimum Gasteiger partial charge on any atom is -0.496 e. The second-order valence-electron chi connectivity index (χ2n) is 20.3. The Kier molecular flexibility index (Phi) is 14.0. The lowest BCUT2D eigenvalue weighted by Gasteiger charge is -2.47. The number of nitrogens with two attached hydrogens (primary N) is 1. The molecule has 3 aromatic carbocycles. The smallest absolute Gasteiger partial charge is 0.416 e. The van der Waals surface area contributed by atoms with Gasteiger partial charge in [0.2, 0.25) is 11.8 Å². The summed E-state index contributed by atoms with van der Waals surface area (Å²) in [7, 11) is 1.63. The molecule has 1 spiro atoms. The number of hydrogen-bond acceptors (Lipinski definition) is 10. The fraction of sp³-hybridized carbons (Fsp3) is 0.538. The van der Waals surface area contributed by atoms with E-state index in [2.05, 4.69) is 30.4 Å². The predicted octanol–water partition coefficient (Wildman–Crippen LogP) is 8.84. The van der Waals surface area contributed by atoms with Gasteiger partial charge in [-0.1, -0.05) is 0 Å². The van der Waals surface area contributed by atoms with Crippen molar-refractivity contribution in [1.29, 1.82) is 0 Å². The normalized spacial score (nSPS) is 22.0. The van der Waals surface area contributed by atoms with Crippen LogP contribution in [0.2, 0.25) is 0 Å². The number of carbonyl (C=O) groups excluding carboxylic acids is 4. The largest absolute Gasteiger partial charge is 0.496 e. The van der Waals surface area contributed by atoms with E-state index in [1.54, 1.807) is 21.0 Å². The molecule has 14 nitrogen and oxygen atoms in total. The van der Waals surface area contributed by atoms with E-state index in [0.717, 1.165) is 120 Å². The van der Waals surface area contributed by atoms with Crippen LogP contribution < -0.4 is 26.0 Å².